The Labute approximate surface area is 205 Å². The zero-order valence-electron chi connectivity index (χ0n) is 20.9. The summed E-state index contributed by atoms with van der Waals surface area (Å²) >= 11 is 0. The largest absolute Gasteiger partial charge is 0.364 e. The summed E-state index contributed by atoms with van der Waals surface area (Å²) in [6.45, 7) is 6.92. The van der Waals surface area contributed by atoms with Gasteiger partial charge in [0.1, 0.15) is 0 Å². The van der Waals surface area contributed by atoms with Crippen molar-refractivity contribution in [2.75, 3.05) is 6.54 Å². The van der Waals surface area contributed by atoms with E-state index in [-0.39, 0.29) is 18.9 Å². The Kier molecular flexibility index (Phi) is 10.2. The van der Waals surface area contributed by atoms with Crippen molar-refractivity contribution >= 4 is 23.4 Å². The first-order valence-corrected chi connectivity index (χ1v) is 12.2. The van der Waals surface area contributed by atoms with E-state index in [0.29, 0.717) is 19.3 Å². The molecule has 7 nitrogen and oxygen atoms in total. The molecule has 1 aliphatic rings. The molecule has 1 heterocycles. The molecule has 1 aliphatic heterocycles. The highest BCUT2D eigenvalue weighted by Gasteiger charge is 2.53. The summed E-state index contributed by atoms with van der Waals surface area (Å²) in [5, 5.41) is 2.26. The van der Waals surface area contributed by atoms with Crippen LogP contribution < -0.4 is 11.1 Å². The minimum atomic E-state index is -4.16. The van der Waals surface area contributed by atoms with Gasteiger partial charge in [0.25, 0.3) is 0 Å². The number of alkyl halides is 2. The fourth-order valence-corrected chi connectivity index (χ4v) is 4.41. The van der Waals surface area contributed by atoms with Gasteiger partial charge in [-0.05, 0) is 49.6 Å². The number of carbonyl (C=O) groups excluding carboxylic acids is 4. The molecule has 1 aromatic rings. The Morgan fingerprint density at radius 1 is 1.09 bits per heavy atom. The monoisotopic (exact) mass is 493 g/mol. The lowest BCUT2D eigenvalue weighted by molar-refractivity contribution is -0.162. The highest BCUT2D eigenvalue weighted by molar-refractivity contribution is 6.11. The first kappa shape index (κ1) is 28.7. The van der Waals surface area contributed by atoms with Gasteiger partial charge in [-0.3, -0.25) is 29.4 Å². The van der Waals surface area contributed by atoms with Gasteiger partial charge in [-0.2, -0.15) is 8.78 Å². The van der Waals surface area contributed by atoms with E-state index in [1.807, 2.05) is 30.3 Å². The highest BCUT2D eigenvalue weighted by Crippen LogP contribution is 2.31. The molecule has 1 unspecified atom stereocenters. The van der Waals surface area contributed by atoms with E-state index in [0.717, 1.165) is 5.56 Å². The molecule has 2 amide bonds. The Morgan fingerprint density at radius 2 is 1.71 bits per heavy atom. The van der Waals surface area contributed by atoms with Crippen LogP contribution in [0.3, 0.4) is 0 Å². The Balaban J connectivity index is 2.10. The van der Waals surface area contributed by atoms with Gasteiger partial charge in [0.15, 0.2) is 0 Å². The van der Waals surface area contributed by atoms with Crippen molar-refractivity contribution in [1.82, 2.24) is 10.2 Å². The molecule has 0 saturated carbocycles. The number of ketones is 2. The minimum Gasteiger partial charge on any atom is -0.320 e. The van der Waals surface area contributed by atoms with Crippen molar-refractivity contribution in [1.29, 1.82) is 0 Å². The van der Waals surface area contributed by atoms with Gasteiger partial charge in [-0.25, -0.2) is 0 Å². The summed E-state index contributed by atoms with van der Waals surface area (Å²) in [7, 11) is 0. The maximum Gasteiger partial charge on any atom is 0.364 e. The number of nitrogens with zero attached hydrogens (tertiary/aromatic N) is 1. The SMILES string of the molecule is CC(C)C(C(=O)C(F)(F)C(=O)CCCc1ccccc1)N1CCC[C@H]1C(=O)NC(=O)[C@@H](N)C(C)C. The van der Waals surface area contributed by atoms with Gasteiger partial charge in [0, 0.05) is 6.42 Å². The van der Waals surface area contributed by atoms with E-state index in [2.05, 4.69) is 5.32 Å². The van der Waals surface area contributed by atoms with Gasteiger partial charge in [0.05, 0.1) is 18.1 Å². The third kappa shape index (κ3) is 7.24. The number of nitrogens with two attached hydrogens (primary N) is 1. The van der Waals surface area contributed by atoms with Crippen LogP contribution in [-0.4, -0.2) is 58.9 Å². The van der Waals surface area contributed by atoms with E-state index >= 15 is 8.78 Å². The van der Waals surface area contributed by atoms with Crippen molar-refractivity contribution < 1.29 is 28.0 Å². The van der Waals surface area contributed by atoms with E-state index in [9.17, 15) is 19.2 Å². The van der Waals surface area contributed by atoms with E-state index < -0.39 is 59.8 Å². The molecule has 0 bridgehead atoms. The number of hydrogen-bond acceptors (Lipinski definition) is 6. The molecular formula is C26H37F2N3O4. The average Bonchev–Trinajstić information content (AvgIpc) is 3.28. The van der Waals surface area contributed by atoms with E-state index in [1.54, 1.807) is 27.7 Å². The zero-order chi connectivity index (χ0) is 26.3. The molecule has 35 heavy (non-hydrogen) atoms. The van der Waals surface area contributed by atoms with Crippen molar-refractivity contribution in [2.45, 2.75) is 83.8 Å². The number of hydrogen-bond donors (Lipinski definition) is 2. The van der Waals surface area contributed by atoms with Crippen LogP contribution in [0.25, 0.3) is 0 Å². The smallest absolute Gasteiger partial charge is 0.320 e. The predicted molar refractivity (Wildman–Crippen MR) is 129 cm³/mol. The first-order chi connectivity index (χ1) is 16.4. The molecule has 0 aliphatic carbocycles. The Hall–Kier alpha value is -2.52. The van der Waals surface area contributed by atoms with Crippen molar-refractivity contribution in [3.8, 4) is 0 Å². The van der Waals surface area contributed by atoms with Gasteiger partial charge in [-0.1, -0.05) is 58.0 Å². The summed E-state index contributed by atoms with van der Waals surface area (Å²) in [5.74, 6) is -9.16. The van der Waals surface area contributed by atoms with Crippen LogP contribution in [0.5, 0.6) is 0 Å². The van der Waals surface area contributed by atoms with Gasteiger partial charge < -0.3 is 5.73 Å². The summed E-state index contributed by atoms with van der Waals surface area (Å²) in [6.07, 6.45) is 1.03. The normalized spacial score (nSPS) is 18.5. The van der Waals surface area contributed by atoms with Gasteiger partial charge in [-0.15, -0.1) is 0 Å². The van der Waals surface area contributed by atoms with Crippen LogP contribution in [0.4, 0.5) is 8.78 Å². The maximum atomic E-state index is 15.0. The van der Waals surface area contributed by atoms with Crippen LogP contribution in [0.15, 0.2) is 30.3 Å². The van der Waals surface area contributed by atoms with Gasteiger partial charge in [0.2, 0.25) is 23.4 Å². The number of carbonyl (C=O) groups is 4. The summed E-state index contributed by atoms with van der Waals surface area (Å²) in [4.78, 5) is 51.9. The third-order valence-corrected chi connectivity index (χ3v) is 6.49. The van der Waals surface area contributed by atoms with Crippen LogP contribution in [0, 0.1) is 11.8 Å². The van der Waals surface area contributed by atoms with Crippen LogP contribution >= 0.6 is 0 Å². The highest BCUT2D eigenvalue weighted by atomic mass is 19.3. The van der Waals surface area contributed by atoms with Crippen molar-refractivity contribution in [2.24, 2.45) is 17.6 Å². The number of likely N-dealkylation sites (tertiary alicyclic amines) is 1. The second kappa shape index (κ2) is 12.4. The number of nitrogens with one attached hydrogen (secondary N) is 1. The van der Waals surface area contributed by atoms with Crippen molar-refractivity contribution in [3.05, 3.63) is 35.9 Å². The maximum absolute atomic E-state index is 15.0. The fraction of sp³-hybridized carbons (Fsp3) is 0.615. The number of rotatable bonds is 12. The number of halogens is 2. The molecule has 0 aromatic heterocycles. The lowest BCUT2D eigenvalue weighted by Crippen LogP contribution is -2.58. The number of aryl methyl sites for hydroxylation is 1. The van der Waals surface area contributed by atoms with Crippen molar-refractivity contribution in [3.63, 3.8) is 0 Å². The molecular weight excluding hydrogens is 456 g/mol. The fourth-order valence-electron chi connectivity index (χ4n) is 4.41. The number of imide groups is 1. The molecule has 3 atom stereocenters. The third-order valence-electron chi connectivity index (χ3n) is 6.49. The zero-order valence-corrected chi connectivity index (χ0v) is 20.9. The van der Waals surface area contributed by atoms with Crippen LogP contribution in [0.2, 0.25) is 0 Å². The molecule has 1 aromatic carbocycles. The number of amides is 2. The quantitative estimate of drug-likeness (QED) is 0.434. The number of Topliss-reactive ketones (excluding diaryl/α,β-unsaturated/α-hetero) is 2. The standard InChI is InChI=1S/C26H37F2N3O4/c1-16(2)21(29)25(35)30-24(34)19-13-9-15-31(19)22(17(3)4)23(33)26(27,28)20(32)14-8-12-18-10-6-5-7-11-18/h5-7,10-11,16-17,19,21-22H,8-9,12-15,29H2,1-4H3,(H,30,34,35)/t19-,21-,22?/m0/s1. The van der Waals surface area contributed by atoms with E-state index in [1.165, 1.54) is 4.90 Å². The second-order valence-corrected chi connectivity index (χ2v) is 9.91. The predicted octanol–water partition coefficient (Wildman–Crippen LogP) is 2.90. The molecule has 0 spiro atoms. The van der Waals surface area contributed by atoms with Crippen LogP contribution in [0.1, 0.15) is 58.9 Å². The number of benzene rings is 1. The van der Waals surface area contributed by atoms with Gasteiger partial charge >= 0.3 is 5.92 Å². The Morgan fingerprint density at radius 3 is 2.29 bits per heavy atom. The molecule has 1 fully saturated rings. The topological polar surface area (TPSA) is 110 Å². The Bertz CT molecular complexity index is 905. The summed E-state index contributed by atoms with van der Waals surface area (Å²) in [6, 6.07) is 6.03. The van der Waals surface area contributed by atoms with Crippen LogP contribution in [-0.2, 0) is 25.6 Å². The summed E-state index contributed by atoms with van der Waals surface area (Å²) in [5.41, 5.74) is 6.72. The minimum absolute atomic E-state index is 0.195. The molecule has 9 heteroatoms. The summed E-state index contributed by atoms with van der Waals surface area (Å²) < 4.78 is 30.1. The average molecular weight is 494 g/mol. The lowest BCUT2D eigenvalue weighted by Gasteiger charge is -2.35. The molecule has 2 rings (SSSR count). The molecule has 3 N–H and O–H groups in total. The van der Waals surface area contributed by atoms with E-state index in [4.69, 9.17) is 5.73 Å². The second-order valence-electron chi connectivity index (χ2n) is 9.91. The lowest BCUT2D eigenvalue weighted by atomic mass is 9.90. The molecule has 1 saturated heterocycles. The molecule has 0 radical (unpaired) electrons. The molecule has 194 valence electrons. The first-order valence-electron chi connectivity index (χ1n) is 12.2.